The standard InChI is InChI=1S/C15H31N3/c1-2-17-12-7-15(8-13-17)16-9-14-18-10-5-3-4-6-11-18/h15-16H,2-14H2,1H3. The number of rotatable bonds is 5. The zero-order valence-corrected chi connectivity index (χ0v) is 12.2. The summed E-state index contributed by atoms with van der Waals surface area (Å²) in [6.07, 6.45) is 8.39. The van der Waals surface area contributed by atoms with Crippen LogP contribution >= 0.6 is 0 Å². The van der Waals surface area contributed by atoms with Gasteiger partial charge in [0.15, 0.2) is 0 Å². The lowest BCUT2D eigenvalue weighted by Crippen LogP contribution is -2.44. The molecule has 0 aromatic heterocycles. The largest absolute Gasteiger partial charge is 0.313 e. The quantitative estimate of drug-likeness (QED) is 0.808. The fraction of sp³-hybridized carbons (Fsp3) is 1.00. The van der Waals surface area contributed by atoms with Gasteiger partial charge < -0.3 is 15.1 Å². The van der Waals surface area contributed by atoms with Crippen molar-refractivity contribution in [3.63, 3.8) is 0 Å². The number of piperidine rings is 1. The first-order valence-electron chi connectivity index (χ1n) is 8.06. The number of nitrogens with one attached hydrogen (secondary N) is 1. The van der Waals surface area contributed by atoms with Crippen molar-refractivity contribution in [3.8, 4) is 0 Å². The van der Waals surface area contributed by atoms with Crippen LogP contribution in [0.3, 0.4) is 0 Å². The molecule has 0 bridgehead atoms. The average Bonchev–Trinajstić information content (AvgIpc) is 2.68. The zero-order valence-electron chi connectivity index (χ0n) is 12.2. The second-order valence-electron chi connectivity index (χ2n) is 5.92. The molecule has 0 saturated carbocycles. The van der Waals surface area contributed by atoms with E-state index in [9.17, 15) is 0 Å². The highest BCUT2D eigenvalue weighted by atomic mass is 15.2. The Morgan fingerprint density at radius 2 is 1.56 bits per heavy atom. The molecule has 0 aliphatic carbocycles. The van der Waals surface area contributed by atoms with Gasteiger partial charge in [-0.05, 0) is 58.4 Å². The Balaban J connectivity index is 1.55. The van der Waals surface area contributed by atoms with Gasteiger partial charge in [-0.3, -0.25) is 0 Å². The van der Waals surface area contributed by atoms with Crippen molar-refractivity contribution in [1.29, 1.82) is 0 Å². The van der Waals surface area contributed by atoms with E-state index in [-0.39, 0.29) is 0 Å². The van der Waals surface area contributed by atoms with Crippen LogP contribution in [0.5, 0.6) is 0 Å². The van der Waals surface area contributed by atoms with E-state index in [1.165, 1.54) is 84.3 Å². The van der Waals surface area contributed by atoms with Gasteiger partial charge in [0.05, 0.1) is 0 Å². The maximum atomic E-state index is 3.77. The van der Waals surface area contributed by atoms with Crippen LogP contribution in [0.15, 0.2) is 0 Å². The van der Waals surface area contributed by atoms with Gasteiger partial charge >= 0.3 is 0 Å². The monoisotopic (exact) mass is 253 g/mol. The first-order chi connectivity index (χ1) is 8.88. The molecule has 0 aromatic carbocycles. The summed E-state index contributed by atoms with van der Waals surface area (Å²) in [7, 11) is 0. The Labute approximate surface area is 113 Å². The number of hydrogen-bond donors (Lipinski definition) is 1. The van der Waals surface area contributed by atoms with Crippen molar-refractivity contribution >= 4 is 0 Å². The van der Waals surface area contributed by atoms with E-state index in [1.54, 1.807) is 0 Å². The first-order valence-corrected chi connectivity index (χ1v) is 8.06. The maximum Gasteiger partial charge on any atom is 0.0107 e. The highest BCUT2D eigenvalue weighted by Crippen LogP contribution is 2.11. The minimum atomic E-state index is 0.778. The van der Waals surface area contributed by atoms with E-state index in [2.05, 4.69) is 22.0 Å². The molecule has 2 fully saturated rings. The van der Waals surface area contributed by atoms with Crippen LogP contribution in [0.25, 0.3) is 0 Å². The van der Waals surface area contributed by atoms with E-state index >= 15 is 0 Å². The van der Waals surface area contributed by atoms with Crippen LogP contribution in [0.2, 0.25) is 0 Å². The third-order valence-electron chi connectivity index (χ3n) is 4.59. The van der Waals surface area contributed by atoms with Gasteiger partial charge in [0, 0.05) is 19.1 Å². The topological polar surface area (TPSA) is 18.5 Å². The third kappa shape index (κ3) is 4.87. The van der Waals surface area contributed by atoms with Crippen LogP contribution in [-0.2, 0) is 0 Å². The third-order valence-corrected chi connectivity index (χ3v) is 4.59. The van der Waals surface area contributed by atoms with Crippen molar-refractivity contribution in [2.24, 2.45) is 0 Å². The second kappa shape index (κ2) is 8.13. The summed E-state index contributed by atoms with van der Waals surface area (Å²) in [5, 5.41) is 3.77. The first kappa shape index (κ1) is 14.3. The van der Waals surface area contributed by atoms with Gasteiger partial charge in [0.2, 0.25) is 0 Å². The van der Waals surface area contributed by atoms with E-state index in [4.69, 9.17) is 0 Å². The molecular weight excluding hydrogens is 222 g/mol. The summed E-state index contributed by atoms with van der Waals surface area (Å²) in [6, 6.07) is 0.778. The molecule has 2 aliphatic heterocycles. The SMILES string of the molecule is CCN1CCC(NCCN2CCCCCC2)CC1. The highest BCUT2D eigenvalue weighted by molar-refractivity contribution is 4.77. The number of hydrogen-bond acceptors (Lipinski definition) is 3. The molecule has 3 nitrogen and oxygen atoms in total. The van der Waals surface area contributed by atoms with Gasteiger partial charge in [-0.25, -0.2) is 0 Å². The van der Waals surface area contributed by atoms with Crippen molar-refractivity contribution in [3.05, 3.63) is 0 Å². The highest BCUT2D eigenvalue weighted by Gasteiger charge is 2.17. The molecule has 2 rings (SSSR count). The molecule has 106 valence electrons. The molecule has 0 amide bonds. The van der Waals surface area contributed by atoms with Crippen molar-refractivity contribution < 1.29 is 0 Å². The number of likely N-dealkylation sites (tertiary alicyclic amines) is 2. The van der Waals surface area contributed by atoms with Crippen molar-refractivity contribution in [2.45, 2.75) is 51.5 Å². The van der Waals surface area contributed by atoms with Crippen LogP contribution < -0.4 is 5.32 Å². The van der Waals surface area contributed by atoms with Gasteiger partial charge in [-0.2, -0.15) is 0 Å². The van der Waals surface area contributed by atoms with E-state index < -0.39 is 0 Å². The predicted molar refractivity (Wildman–Crippen MR) is 78.0 cm³/mol. The fourth-order valence-corrected chi connectivity index (χ4v) is 3.24. The number of nitrogens with zero attached hydrogens (tertiary/aromatic N) is 2. The summed E-state index contributed by atoms with van der Waals surface area (Å²) >= 11 is 0. The molecule has 0 unspecified atom stereocenters. The molecule has 2 heterocycles. The normalized spacial score (nSPS) is 25.2. The summed E-state index contributed by atoms with van der Waals surface area (Å²) in [5.41, 5.74) is 0. The second-order valence-corrected chi connectivity index (χ2v) is 5.92. The van der Waals surface area contributed by atoms with E-state index in [0.717, 1.165) is 6.04 Å². The summed E-state index contributed by atoms with van der Waals surface area (Å²) in [4.78, 5) is 5.22. The smallest absolute Gasteiger partial charge is 0.0107 e. The van der Waals surface area contributed by atoms with Gasteiger partial charge in [-0.15, -0.1) is 0 Å². The molecule has 0 spiro atoms. The van der Waals surface area contributed by atoms with Crippen LogP contribution in [-0.4, -0.2) is 61.7 Å². The maximum absolute atomic E-state index is 3.77. The zero-order chi connectivity index (χ0) is 12.6. The molecule has 3 heteroatoms. The summed E-state index contributed by atoms with van der Waals surface area (Å²) in [5.74, 6) is 0. The molecule has 0 radical (unpaired) electrons. The van der Waals surface area contributed by atoms with Crippen LogP contribution in [0.1, 0.15) is 45.4 Å². The Morgan fingerprint density at radius 1 is 0.889 bits per heavy atom. The Bertz CT molecular complexity index is 204. The lowest BCUT2D eigenvalue weighted by molar-refractivity contribution is 0.200. The van der Waals surface area contributed by atoms with Crippen molar-refractivity contribution in [1.82, 2.24) is 15.1 Å². The van der Waals surface area contributed by atoms with Crippen LogP contribution in [0.4, 0.5) is 0 Å². The predicted octanol–water partition coefficient (Wildman–Crippen LogP) is 1.94. The summed E-state index contributed by atoms with van der Waals surface area (Å²) in [6.45, 7) is 11.2. The Hall–Kier alpha value is -0.120. The van der Waals surface area contributed by atoms with Gasteiger partial charge in [0.25, 0.3) is 0 Å². The van der Waals surface area contributed by atoms with Gasteiger partial charge in [0.1, 0.15) is 0 Å². The van der Waals surface area contributed by atoms with E-state index in [0.29, 0.717) is 0 Å². The molecule has 2 saturated heterocycles. The lowest BCUT2D eigenvalue weighted by Gasteiger charge is -2.32. The molecule has 1 N–H and O–H groups in total. The molecule has 0 aromatic rings. The molecular formula is C15H31N3. The molecule has 0 atom stereocenters. The average molecular weight is 253 g/mol. The van der Waals surface area contributed by atoms with E-state index in [1.807, 2.05) is 0 Å². The van der Waals surface area contributed by atoms with Gasteiger partial charge in [-0.1, -0.05) is 19.8 Å². The molecule has 18 heavy (non-hydrogen) atoms. The minimum Gasteiger partial charge on any atom is -0.313 e. The minimum absolute atomic E-state index is 0.778. The van der Waals surface area contributed by atoms with Crippen molar-refractivity contribution in [2.75, 3.05) is 45.8 Å². The fourth-order valence-electron chi connectivity index (χ4n) is 3.24. The Morgan fingerprint density at radius 3 is 2.17 bits per heavy atom. The van der Waals surface area contributed by atoms with Crippen LogP contribution in [0, 0.1) is 0 Å². The molecule has 2 aliphatic rings. The lowest BCUT2D eigenvalue weighted by atomic mass is 10.1. The summed E-state index contributed by atoms with van der Waals surface area (Å²) < 4.78 is 0. The Kier molecular flexibility index (Phi) is 6.46.